The predicted molar refractivity (Wildman–Crippen MR) is 143 cm³/mol. The van der Waals surface area contributed by atoms with Gasteiger partial charge in [0, 0.05) is 23.0 Å². The molecule has 8 N–H and O–H groups in total. The molecule has 0 spiro atoms. The van der Waals surface area contributed by atoms with Crippen LogP contribution in [0.1, 0.15) is 59.1 Å². The summed E-state index contributed by atoms with van der Waals surface area (Å²) in [6.07, 6.45) is 3.27. The van der Waals surface area contributed by atoms with Crippen LogP contribution in [0.25, 0.3) is 12.2 Å². The van der Waals surface area contributed by atoms with Crippen molar-refractivity contribution in [3.8, 4) is 46.0 Å². The maximum atomic E-state index is 11.5. The lowest BCUT2D eigenvalue weighted by atomic mass is 9.82. The summed E-state index contributed by atoms with van der Waals surface area (Å²) in [4.78, 5) is 0. The highest BCUT2D eigenvalue weighted by atomic mass is 16.3. The normalized spacial score (nSPS) is 13.0. The van der Waals surface area contributed by atoms with Crippen molar-refractivity contribution < 1.29 is 40.9 Å². The molecule has 0 radical (unpaired) electrons. The smallest absolute Gasteiger partial charge is 0.157 e. The van der Waals surface area contributed by atoms with E-state index >= 15 is 0 Å². The molecule has 8 heteroatoms. The van der Waals surface area contributed by atoms with E-state index in [9.17, 15) is 40.9 Å². The van der Waals surface area contributed by atoms with Gasteiger partial charge in [0.2, 0.25) is 0 Å². The minimum atomic E-state index is -0.590. The Labute approximate surface area is 218 Å². The summed E-state index contributed by atoms with van der Waals surface area (Å²) in [5.41, 5.74) is 2.72. The summed E-state index contributed by atoms with van der Waals surface area (Å²) >= 11 is 0. The summed E-state index contributed by atoms with van der Waals surface area (Å²) in [6.45, 7) is 3.53. The fourth-order valence-electron chi connectivity index (χ4n) is 4.51. The zero-order valence-corrected chi connectivity index (χ0v) is 20.7. The summed E-state index contributed by atoms with van der Waals surface area (Å²) in [5.74, 6) is -3.33. The molecule has 0 amide bonds. The molecule has 4 aromatic rings. The molecule has 0 saturated carbocycles. The average Bonchev–Trinajstić information content (AvgIpc) is 2.87. The number of phenolic OH excluding ortho intramolecular Hbond substituents is 8. The zero-order valence-electron chi connectivity index (χ0n) is 20.7. The van der Waals surface area contributed by atoms with Gasteiger partial charge in [-0.15, -0.1) is 0 Å². The highest BCUT2D eigenvalue weighted by Gasteiger charge is 2.26. The highest BCUT2D eigenvalue weighted by Crippen LogP contribution is 2.47. The fourth-order valence-corrected chi connectivity index (χ4v) is 4.51. The molecule has 0 bridgehead atoms. The van der Waals surface area contributed by atoms with E-state index in [1.54, 1.807) is 44.2 Å². The van der Waals surface area contributed by atoms with Crippen LogP contribution in [0, 0.1) is 0 Å². The SMILES string of the molecule is CC(c1ccc(O)c(O)c1)c1c(O)cc(/C=C/c2ccc(O)c(O)c2)c(C(C)c2ccc(O)c(O)c2)c1O. The van der Waals surface area contributed by atoms with Crippen molar-refractivity contribution in [1.29, 1.82) is 0 Å². The maximum absolute atomic E-state index is 11.5. The first-order valence-corrected chi connectivity index (χ1v) is 11.8. The van der Waals surface area contributed by atoms with Crippen LogP contribution in [0.15, 0.2) is 60.7 Å². The van der Waals surface area contributed by atoms with Crippen molar-refractivity contribution in [2.45, 2.75) is 25.7 Å². The van der Waals surface area contributed by atoms with Crippen molar-refractivity contribution in [1.82, 2.24) is 0 Å². The third-order valence-electron chi connectivity index (χ3n) is 6.71. The molecule has 0 heterocycles. The Balaban J connectivity index is 1.89. The monoisotopic (exact) mass is 516 g/mol. The van der Waals surface area contributed by atoms with Crippen molar-refractivity contribution in [2.75, 3.05) is 0 Å². The molecule has 0 aromatic heterocycles. The van der Waals surface area contributed by atoms with Gasteiger partial charge < -0.3 is 40.9 Å². The van der Waals surface area contributed by atoms with Gasteiger partial charge in [0.25, 0.3) is 0 Å². The Bertz CT molecular complexity index is 1540. The number of aromatic hydroxyl groups is 8. The maximum Gasteiger partial charge on any atom is 0.157 e. The van der Waals surface area contributed by atoms with Crippen LogP contribution in [0.2, 0.25) is 0 Å². The Morgan fingerprint density at radius 1 is 0.474 bits per heavy atom. The molecule has 0 saturated heterocycles. The zero-order chi connectivity index (χ0) is 27.7. The van der Waals surface area contributed by atoms with Crippen LogP contribution in [-0.4, -0.2) is 40.9 Å². The van der Waals surface area contributed by atoms with Crippen LogP contribution < -0.4 is 0 Å². The van der Waals surface area contributed by atoms with E-state index in [1.807, 2.05) is 0 Å². The molecule has 4 aromatic carbocycles. The van der Waals surface area contributed by atoms with Crippen LogP contribution in [-0.2, 0) is 0 Å². The summed E-state index contributed by atoms with van der Waals surface area (Å²) < 4.78 is 0. The summed E-state index contributed by atoms with van der Waals surface area (Å²) in [7, 11) is 0. The standard InChI is InChI=1S/C30H28O8/c1-15(18-6-9-22(32)25(35)12-18)28-20(5-3-17-4-8-21(31)24(34)11-17)14-27(37)29(30(28)38)16(2)19-7-10-23(33)26(36)13-19/h3-16,31-38H,1-2H3/b5-3+. The number of hydrogen-bond donors (Lipinski definition) is 8. The van der Waals surface area contributed by atoms with Crippen molar-refractivity contribution in [2.24, 2.45) is 0 Å². The van der Waals surface area contributed by atoms with Crippen LogP contribution >= 0.6 is 0 Å². The van der Waals surface area contributed by atoms with Crippen molar-refractivity contribution in [3.63, 3.8) is 0 Å². The molecule has 0 fully saturated rings. The van der Waals surface area contributed by atoms with Gasteiger partial charge in [-0.25, -0.2) is 0 Å². The van der Waals surface area contributed by atoms with Crippen LogP contribution in [0.3, 0.4) is 0 Å². The Kier molecular flexibility index (Phi) is 6.99. The molecule has 2 unspecified atom stereocenters. The van der Waals surface area contributed by atoms with Gasteiger partial charge in [-0.05, 0) is 64.7 Å². The van der Waals surface area contributed by atoms with E-state index in [4.69, 9.17) is 0 Å². The lowest BCUT2D eigenvalue weighted by Gasteiger charge is -2.24. The molecule has 0 aliphatic carbocycles. The van der Waals surface area contributed by atoms with Crippen molar-refractivity contribution in [3.05, 3.63) is 94.0 Å². The largest absolute Gasteiger partial charge is 0.507 e. The minimum Gasteiger partial charge on any atom is -0.507 e. The molecule has 4 rings (SSSR count). The number of phenols is 8. The first-order chi connectivity index (χ1) is 18.0. The van der Waals surface area contributed by atoms with E-state index in [1.165, 1.54) is 42.5 Å². The third kappa shape index (κ3) is 4.97. The van der Waals surface area contributed by atoms with E-state index in [0.717, 1.165) is 0 Å². The highest BCUT2D eigenvalue weighted by molar-refractivity contribution is 5.76. The quantitative estimate of drug-likeness (QED) is 0.118. The fraction of sp³-hybridized carbons (Fsp3) is 0.133. The average molecular weight is 517 g/mol. The van der Waals surface area contributed by atoms with Gasteiger partial charge >= 0.3 is 0 Å². The first kappa shape index (κ1) is 26.1. The second kappa shape index (κ2) is 10.2. The van der Waals surface area contributed by atoms with Gasteiger partial charge in [0.05, 0.1) is 0 Å². The van der Waals surface area contributed by atoms with Gasteiger partial charge in [-0.3, -0.25) is 0 Å². The van der Waals surface area contributed by atoms with Crippen LogP contribution in [0.4, 0.5) is 0 Å². The lowest BCUT2D eigenvalue weighted by molar-refractivity contribution is 0.402. The Hall–Kier alpha value is -4.98. The molecule has 38 heavy (non-hydrogen) atoms. The minimum absolute atomic E-state index is 0.194. The Morgan fingerprint density at radius 2 is 0.947 bits per heavy atom. The topological polar surface area (TPSA) is 162 Å². The lowest BCUT2D eigenvalue weighted by Crippen LogP contribution is -2.05. The van der Waals surface area contributed by atoms with Gasteiger partial charge in [-0.2, -0.15) is 0 Å². The molecular weight excluding hydrogens is 488 g/mol. The second-order valence-electron chi connectivity index (χ2n) is 9.18. The molecule has 2 atom stereocenters. The molecule has 0 aliphatic heterocycles. The van der Waals surface area contributed by atoms with Crippen LogP contribution in [0.5, 0.6) is 46.0 Å². The predicted octanol–water partition coefficient (Wildman–Crippen LogP) is 5.81. The summed E-state index contributed by atoms with van der Waals surface area (Å²) in [6, 6.07) is 14.4. The molecule has 8 nitrogen and oxygen atoms in total. The third-order valence-corrected chi connectivity index (χ3v) is 6.71. The van der Waals surface area contributed by atoms with E-state index in [2.05, 4.69) is 0 Å². The van der Waals surface area contributed by atoms with Gasteiger partial charge in [0.1, 0.15) is 11.5 Å². The summed E-state index contributed by atoms with van der Waals surface area (Å²) in [5, 5.41) is 81.5. The molecule has 0 aliphatic rings. The first-order valence-electron chi connectivity index (χ1n) is 11.8. The van der Waals surface area contributed by atoms with E-state index in [-0.39, 0.29) is 51.6 Å². The number of hydrogen-bond acceptors (Lipinski definition) is 8. The second-order valence-corrected chi connectivity index (χ2v) is 9.18. The van der Waals surface area contributed by atoms with E-state index in [0.29, 0.717) is 27.8 Å². The number of benzene rings is 4. The van der Waals surface area contributed by atoms with Gasteiger partial charge in [-0.1, -0.05) is 44.2 Å². The van der Waals surface area contributed by atoms with E-state index < -0.39 is 11.8 Å². The molecular formula is C30H28O8. The Morgan fingerprint density at radius 3 is 1.45 bits per heavy atom. The van der Waals surface area contributed by atoms with Crippen molar-refractivity contribution >= 4 is 12.2 Å². The number of rotatable bonds is 6. The van der Waals surface area contributed by atoms with Gasteiger partial charge in [0.15, 0.2) is 34.5 Å². The molecule has 196 valence electrons.